The van der Waals surface area contributed by atoms with Crippen molar-refractivity contribution in [2.24, 2.45) is 5.92 Å². The molecule has 5 heteroatoms. The third-order valence-electron chi connectivity index (χ3n) is 4.25. The van der Waals surface area contributed by atoms with Crippen LogP contribution in [0.5, 0.6) is 5.75 Å². The molecule has 1 aromatic rings. The van der Waals surface area contributed by atoms with Crippen molar-refractivity contribution in [2.45, 2.75) is 52.0 Å². The fraction of sp³-hybridized carbons (Fsp3) is 0.625. The summed E-state index contributed by atoms with van der Waals surface area (Å²) in [5, 5.41) is 14.7. The van der Waals surface area contributed by atoms with Crippen LogP contribution < -0.4 is 10.1 Å². The lowest BCUT2D eigenvalue weighted by Crippen LogP contribution is -2.32. The van der Waals surface area contributed by atoms with Crippen molar-refractivity contribution in [1.29, 1.82) is 0 Å². The summed E-state index contributed by atoms with van der Waals surface area (Å²) in [6, 6.07) is 5.41. The lowest BCUT2D eigenvalue weighted by molar-refractivity contribution is -0.384. The number of hydrogen-bond acceptors (Lipinski definition) is 4. The highest BCUT2D eigenvalue weighted by molar-refractivity contribution is 5.64. The summed E-state index contributed by atoms with van der Waals surface area (Å²) in [6.07, 6.45) is 5.87. The van der Waals surface area contributed by atoms with E-state index in [2.05, 4.69) is 12.2 Å². The predicted octanol–water partition coefficient (Wildman–Crippen LogP) is 4.37. The van der Waals surface area contributed by atoms with Gasteiger partial charge in [-0.3, -0.25) is 10.1 Å². The maximum Gasteiger partial charge on any atom is 0.296 e. The molecule has 0 bridgehead atoms. The molecule has 21 heavy (non-hydrogen) atoms. The van der Waals surface area contributed by atoms with Gasteiger partial charge in [-0.1, -0.05) is 26.2 Å². The summed E-state index contributed by atoms with van der Waals surface area (Å²) in [6.45, 7) is 4.56. The Bertz CT molecular complexity index is 490. The van der Waals surface area contributed by atoms with Crippen molar-refractivity contribution >= 4 is 11.4 Å². The smallest absolute Gasteiger partial charge is 0.296 e. The van der Waals surface area contributed by atoms with Crippen LogP contribution in [0.3, 0.4) is 0 Å². The van der Waals surface area contributed by atoms with E-state index in [4.69, 9.17) is 4.74 Å². The molecule has 0 spiro atoms. The molecule has 2 atom stereocenters. The molecule has 1 aromatic carbocycles. The molecule has 2 unspecified atom stereocenters. The Balaban J connectivity index is 2.19. The molecule has 0 saturated heterocycles. The normalized spacial score (nSPS) is 21.8. The minimum atomic E-state index is -0.339. The standard InChI is InChI=1S/C16H24N2O3/c1-3-12-7-5-6-8-14(12)17-15-10-9-13(21-4-2)11-16(15)18(19)20/h9-12,14,17H,3-8H2,1-2H3. The Kier molecular flexibility index (Phi) is 5.42. The molecule has 1 aliphatic carbocycles. The van der Waals surface area contributed by atoms with Crippen LogP contribution in [0.25, 0.3) is 0 Å². The third-order valence-corrected chi connectivity index (χ3v) is 4.25. The van der Waals surface area contributed by atoms with E-state index in [1.807, 2.05) is 6.92 Å². The molecular formula is C16H24N2O3. The average Bonchev–Trinajstić information content (AvgIpc) is 2.49. The van der Waals surface area contributed by atoms with Gasteiger partial charge in [0.15, 0.2) is 0 Å². The first-order valence-corrected chi connectivity index (χ1v) is 7.83. The maximum atomic E-state index is 11.3. The van der Waals surface area contributed by atoms with Crippen LogP contribution in [0, 0.1) is 16.0 Å². The van der Waals surface area contributed by atoms with E-state index in [1.165, 1.54) is 25.3 Å². The second-order valence-corrected chi connectivity index (χ2v) is 5.57. The molecule has 5 nitrogen and oxygen atoms in total. The summed E-state index contributed by atoms with van der Waals surface area (Å²) in [5.41, 5.74) is 0.704. The van der Waals surface area contributed by atoms with E-state index in [0.29, 0.717) is 30.0 Å². The van der Waals surface area contributed by atoms with Crippen LogP contribution >= 0.6 is 0 Å². The van der Waals surface area contributed by atoms with Gasteiger partial charge in [0, 0.05) is 6.04 Å². The third kappa shape index (κ3) is 3.86. The Hall–Kier alpha value is -1.78. The molecule has 0 aliphatic heterocycles. The average molecular weight is 292 g/mol. The second kappa shape index (κ2) is 7.29. The van der Waals surface area contributed by atoms with Crippen LogP contribution in [0.2, 0.25) is 0 Å². The molecule has 1 N–H and O–H groups in total. The maximum absolute atomic E-state index is 11.3. The van der Waals surface area contributed by atoms with Crippen LogP contribution in [-0.2, 0) is 0 Å². The van der Waals surface area contributed by atoms with Gasteiger partial charge in [0.25, 0.3) is 5.69 Å². The summed E-state index contributed by atoms with van der Waals surface area (Å²) >= 11 is 0. The molecular weight excluding hydrogens is 268 g/mol. The van der Waals surface area contributed by atoms with E-state index < -0.39 is 0 Å². The van der Waals surface area contributed by atoms with Crippen molar-refractivity contribution in [3.63, 3.8) is 0 Å². The summed E-state index contributed by atoms with van der Waals surface area (Å²) in [4.78, 5) is 10.9. The number of anilines is 1. The van der Waals surface area contributed by atoms with E-state index in [0.717, 1.165) is 12.8 Å². The van der Waals surface area contributed by atoms with Crippen LogP contribution in [-0.4, -0.2) is 17.6 Å². The van der Waals surface area contributed by atoms with Crippen molar-refractivity contribution in [3.8, 4) is 5.75 Å². The molecule has 0 aromatic heterocycles. The molecule has 0 heterocycles. The van der Waals surface area contributed by atoms with Crippen molar-refractivity contribution in [1.82, 2.24) is 0 Å². The number of hydrogen-bond donors (Lipinski definition) is 1. The molecule has 2 rings (SSSR count). The minimum absolute atomic E-state index is 0.0985. The van der Waals surface area contributed by atoms with Gasteiger partial charge in [0.05, 0.1) is 17.6 Å². The predicted molar refractivity (Wildman–Crippen MR) is 83.9 cm³/mol. The quantitative estimate of drug-likeness (QED) is 0.624. The van der Waals surface area contributed by atoms with Gasteiger partial charge in [0.1, 0.15) is 11.4 Å². The number of nitro benzene ring substituents is 1. The number of nitrogens with one attached hydrogen (secondary N) is 1. The van der Waals surface area contributed by atoms with Crippen LogP contribution in [0.15, 0.2) is 18.2 Å². The zero-order chi connectivity index (χ0) is 15.2. The van der Waals surface area contributed by atoms with Crippen molar-refractivity contribution in [2.75, 3.05) is 11.9 Å². The number of ether oxygens (including phenoxy) is 1. The summed E-state index contributed by atoms with van der Waals surface area (Å²) < 4.78 is 5.35. The number of rotatable bonds is 6. The van der Waals surface area contributed by atoms with Gasteiger partial charge in [-0.05, 0) is 37.8 Å². The van der Waals surface area contributed by atoms with Gasteiger partial charge >= 0.3 is 0 Å². The summed E-state index contributed by atoms with van der Waals surface area (Å²) in [7, 11) is 0. The molecule has 0 radical (unpaired) electrons. The highest BCUT2D eigenvalue weighted by atomic mass is 16.6. The van der Waals surface area contributed by atoms with Crippen molar-refractivity contribution < 1.29 is 9.66 Å². The number of nitrogens with zero attached hydrogens (tertiary/aromatic N) is 1. The highest BCUT2D eigenvalue weighted by Gasteiger charge is 2.26. The lowest BCUT2D eigenvalue weighted by Gasteiger charge is -2.32. The fourth-order valence-corrected chi connectivity index (χ4v) is 3.13. The van der Waals surface area contributed by atoms with Crippen LogP contribution in [0.4, 0.5) is 11.4 Å². The Morgan fingerprint density at radius 3 is 2.76 bits per heavy atom. The highest BCUT2D eigenvalue weighted by Crippen LogP contribution is 2.34. The second-order valence-electron chi connectivity index (χ2n) is 5.57. The Labute approximate surface area is 125 Å². The molecule has 116 valence electrons. The zero-order valence-electron chi connectivity index (χ0n) is 12.8. The van der Waals surface area contributed by atoms with Gasteiger partial charge in [-0.2, -0.15) is 0 Å². The zero-order valence-corrected chi connectivity index (χ0v) is 12.8. The topological polar surface area (TPSA) is 64.4 Å². The summed E-state index contributed by atoms with van der Waals surface area (Å²) in [5.74, 6) is 1.15. The van der Waals surface area contributed by atoms with E-state index in [9.17, 15) is 10.1 Å². The first kappa shape index (κ1) is 15.6. The van der Waals surface area contributed by atoms with Gasteiger partial charge in [0.2, 0.25) is 0 Å². The lowest BCUT2D eigenvalue weighted by atomic mass is 9.83. The molecule has 0 amide bonds. The van der Waals surface area contributed by atoms with Crippen LogP contribution in [0.1, 0.15) is 46.0 Å². The van der Waals surface area contributed by atoms with E-state index in [1.54, 1.807) is 12.1 Å². The Morgan fingerprint density at radius 2 is 2.10 bits per heavy atom. The molecule has 1 fully saturated rings. The van der Waals surface area contributed by atoms with Crippen molar-refractivity contribution in [3.05, 3.63) is 28.3 Å². The van der Waals surface area contributed by atoms with E-state index in [-0.39, 0.29) is 10.6 Å². The fourth-order valence-electron chi connectivity index (χ4n) is 3.13. The minimum Gasteiger partial charge on any atom is -0.494 e. The number of nitro groups is 1. The van der Waals surface area contributed by atoms with Gasteiger partial charge < -0.3 is 10.1 Å². The molecule has 1 aliphatic rings. The van der Waals surface area contributed by atoms with E-state index >= 15 is 0 Å². The first-order valence-electron chi connectivity index (χ1n) is 7.83. The largest absolute Gasteiger partial charge is 0.494 e. The Morgan fingerprint density at radius 1 is 1.33 bits per heavy atom. The molecule has 1 saturated carbocycles. The first-order chi connectivity index (χ1) is 10.2. The van der Waals surface area contributed by atoms with Gasteiger partial charge in [-0.15, -0.1) is 0 Å². The SMILES string of the molecule is CCOc1ccc(NC2CCCCC2CC)c([N+](=O)[O-])c1. The number of benzene rings is 1. The van der Waals surface area contributed by atoms with Gasteiger partial charge in [-0.25, -0.2) is 0 Å². The monoisotopic (exact) mass is 292 g/mol.